The number of rotatable bonds is 5. The van der Waals surface area contributed by atoms with Crippen molar-refractivity contribution in [3.05, 3.63) is 78.3 Å². The first kappa shape index (κ1) is 17.5. The first-order valence-corrected chi connectivity index (χ1v) is 7.48. The average Bonchev–Trinajstić information content (AvgIpc) is 2.54. The van der Waals surface area contributed by atoms with E-state index in [2.05, 4.69) is 15.9 Å². The number of hydrogen-bond acceptors (Lipinski definition) is 6. The number of esters is 1. The van der Waals surface area contributed by atoms with Gasteiger partial charge in [0.1, 0.15) is 6.10 Å². The summed E-state index contributed by atoms with van der Waals surface area (Å²) < 4.78 is 5.48. The molecule has 0 amide bonds. The third kappa shape index (κ3) is 3.93. The summed E-state index contributed by atoms with van der Waals surface area (Å²) in [5.41, 5.74) is 0.0912. The lowest BCUT2D eigenvalue weighted by molar-refractivity contribution is -0.385. The highest BCUT2D eigenvalue weighted by Crippen LogP contribution is 2.27. The van der Waals surface area contributed by atoms with E-state index >= 15 is 0 Å². The topological polar surface area (TPSA) is 113 Å². The first-order valence-electron chi connectivity index (χ1n) is 6.69. The van der Waals surface area contributed by atoms with Gasteiger partial charge in [-0.25, -0.2) is 4.79 Å². The van der Waals surface area contributed by atoms with Crippen LogP contribution < -0.4 is 0 Å². The standard InChI is InChI=1S/C15H11BrN2O6/c1-9(10-3-2-4-12(7-10)17(20)21)24-15(19)11-5-6-13(16)14(8-11)18(22)23/h2-9H,1H3/t9-/m0/s1. The molecule has 0 aromatic heterocycles. The summed E-state index contributed by atoms with van der Waals surface area (Å²) in [5, 5.41) is 21.7. The van der Waals surface area contributed by atoms with E-state index in [1.54, 1.807) is 13.0 Å². The van der Waals surface area contributed by atoms with E-state index in [1.165, 1.54) is 30.3 Å². The molecule has 2 aromatic rings. The molecular formula is C15H11BrN2O6. The minimum Gasteiger partial charge on any atom is -0.454 e. The number of nitro benzene ring substituents is 2. The smallest absolute Gasteiger partial charge is 0.338 e. The second-order valence-electron chi connectivity index (χ2n) is 4.82. The molecule has 0 fully saturated rings. The lowest BCUT2D eigenvalue weighted by Gasteiger charge is -2.13. The zero-order valence-corrected chi connectivity index (χ0v) is 13.9. The SMILES string of the molecule is C[C@H](OC(=O)c1ccc(Br)c([N+](=O)[O-])c1)c1cccc([N+](=O)[O-])c1. The van der Waals surface area contributed by atoms with Gasteiger partial charge in [0.15, 0.2) is 0 Å². The molecule has 0 aliphatic heterocycles. The van der Waals surface area contributed by atoms with Crippen LogP contribution in [0.15, 0.2) is 46.9 Å². The van der Waals surface area contributed by atoms with Gasteiger partial charge in [-0.1, -0.05) is 12.1 Å². The first-order chi connectivity index (χ1) is 11.3. The van der Waals surface area contributed by atoms with Crippen molar-refractivity contribution >= 4 is 33.3 Å². The Morgan fingerprint density at radius 3 is 2.46 bits per heavy atom. The Morgan fingerprint density at radius 1 is 1.12 bits per heavy atom. The van der Waals surface area contributed by atoms with Gasteiger partial charge in [0.25, 0.3) is 11.4 Å². The van der Waals surface area contributed by atoms with Crippen LogP contribution in [0.25, 0.3) is 0 Å². The molecular weight excluding hydrogens is 384 g/mol. The van der Waals surface area contributed by atoms with Crippen LogP contribution in [-0.4, -0.2) is 15.8 Å². The van der Waals surface area contributed by atoms with E-state index in [-0.39, 0.29) is 21.4 Å². The number of non-ortho nitro benzene ring substituents is 1. The summed E-state index contributed by atoms with van der Waals surface area (Å²) in [4.78, 5) is 32.7. The fraction of sp³-hybridized carbons (Fsp3) is 0.133. The highest BCUT2D eigenvalue weighted by Gasteiger charge is 2.20. The van der Waals surface area contributed by atoms with Crippen molar-refractivity contribution in [1.82, 2.24) is 0 Å². The Bertz CT molecular complexity index is 823. The maximum absolute atomic E-state index is 12.1. The van der Waals surface area contributed by atoms with Gasteiger partial charge >= 0.3 is 5.97 Å². The van der Waals surface area contributed by atoms with Crippen molar-refractivity contribution in [2.24, 2.45) is 0 Å². The third-order valence-electron chi connectivity index (χ3n) is 3.21. The van der Waals surface area contributed by atoms with E-state index in [0.29, 0.717) is 5.56 Å². The van der Waals surface area contributed by atoms with Crippen molar-refractivity contribution in [1.29, 1.82) is 0 Å². The minimum atomic E-state index is -0.760. The molecule has 0 spiro atoms. The van der Waals surface area contributed by atoms with Crippen LogP contribution in [0.5, 0.6) is 0 Å². The van der Waals surface area contributed by atoms with Crippen LogP contribution in [0.3, 0.4) is 0 Å². The van der Waals surface area contributed by atoms with Gasteiger partial charge in [-0.05, 0) is 40.5 Å². The second kappa shape index (κ2) is 7.18. The van der Waals surface area contributed by atoms with Crippen molar-refractivity contribution in [3.8, 4) is 0 Å². The van der Waals surface area contributed by atoms with E-state index in [0.717, 1.165) is 6.07 Å². The lowest BCUT2D eigenvalue weighted by atomic mass is 10.1. The minimum absolute atomic E-state index is 0.0159. The second-order valence-corrected chi connectivity index (χ2v) is 5.68. The van der Waals surface area contributed by atoms with Crippen LogP contribution in [0.2, 0.25) is 0 Å². The monoisotopic (exact) mass is 394 g/mol. The Balaban J connectivity index is 2.20. The number of nitrogens with zero attached hydrogens (tertiary/aromatic N) is 2. The van der Waals surface area contributed by atoms with E-state index in [4.69, 9.17) is 4.74 Å². The van der Waals surface area contributed by atoms with Crippen LogP contribution >= 0.6 is 15.9 Å². The zero-order valence-electron chi connectivity index (χ0n) is 12.3. The van der Waals surface area contributed by atoms with Gasteiger partial charge in [-0.3, -0.25) is 20.2 Å². The molecule has 2 rings (SSSR count). The molecule has 0 radical (unpaired) electrons. The van der Waals surface area contributed by atoms with Crippen LogP contribution in [0.4, 0.5) is 11.4 Å². The predicted octanol–water partition coefficient (Wildman–Crippen LogP) is 4.18. The molecule has 0 aliphatic rings. The average molecular weight is 395 g/mol. The molecule has 0 bridgehead atoms. The van der Waals surface area contributed by atoms with Gasteiger partial charge in [-0.15, -0.1) is 0 Å². The normalized spacial score (nSPS) is 11.6. The highest BCUT2D eigenvalue weighted by atomic mass is 79.9. The Kier molecular flexibility index (Phi) is 5.24. The van der Waals surface area contributed by atoms with E-state index in [9.17, 15) is 25.0 Å². The summed E-state index contributed by atoms with van der Waals surface area (Å²) in [6, 6.07) is 9.59. The van der Waals surface area contributed by atoms with Gasteiger partial charge in [0.2, 0.25) is 0 Å². The summed E-state index contributed by atoms with van der Waals surface area (Å²) in [7, 11) is 0. The lowest BCUT2D eigenvalue weighted by Crippen LogP contribution is -2.10. The van der Waals surface area contributed by atoms with Crippen molar-refractivity contribution in [3.63, 3.8) is 0 Å². The van der Waals surface area contributed by atoms with Crippen molar-refractivity contribution in [2.75, 3.05) is 0 Å². The molecule has 9 heteroatoms. The van der Waals surface area contributed by atoms with Gasteiger partial charge in [0.05, 0.1) is 19.9 Å². The molecule has 8 nitrogen and oxygen atoms in total. The van der Waals surface area contributed by atoms with Crippen LogP contribution in [-0.2, 0) is 4.74 Å². The van der Waals surface area contributed by atoms with E-state index < -0.39 is 21.9 Å². The molecule has 124 valence electrons. The molecule has 0 aliphatic carbocycles. The summed E-state index contributed by atoms with van der Waals surface area (Å²) >= 11 is 3.03. The van der Waals surface area contributed by atoms with Crippen molar-refractivity contribution in [2.45, 2.75) is 13.0 Å². The molecule has 1 atom stereocenters. The summed E-state index contributed by atoms with van der Waals surface area (Å²) in [6.07, 6.45) is -0.750. The van der Waals surface area contributed by atoms with E-state index in [1.807, 2.05) is 0 Å². The molecule has 0 saturated heterocycles. The molecule has 0 heterocycles. The maximum Gasteiger partial charge on any atom is 0.338 e. The Labute approximate surface area is 144 Å². The maximum atomic E-state index is 12.1. The van der Waals surface area contributed by atoms with Gasteiger partial charge in [-0.2, -0.15) is 0 Å². The highest BCUT2D eigenvalue weighted by molar-refractivity contribution is 9.10. The fourth-order valence-corrected chi connectivity index (χ4v) is 2.36. The molecule has 2 aromatic carbocycles. The van der Waals surface area contributed by atoms with Crippen LogP contribution in [0, 0.1) is 20.2 Å². The molecule has 0 N–H and O–H groups in total. The number of halogens is 1. The third-order valence-corrected chi connectivity index (χ3v) is 3.88. The number of benzene rings is 2. The number of ether oxygens (including phenoxy) is 1. The van der Waals surface area contributed by atoms with Crippen molar-refractivity contribution < 1.29 is 19.4 Å². The fourth-order valence-electron chi connectivity index (χ4n) is 1.97. The number of hydrogen-bond donors (Lipinski definition) is 0. The molecule has 0 saturated carbocycles. The zero-order chi connectivity index (χ0) is 17.9. The number of carbonyl (C=O) groups is 1. The molecule has 24 heavy (non-hydrogen) atoms. The Morgan fingerprint density at radius 2 is 1.83 bits per heavy atom. The van der Waals surface area contributed by atoms with Crippen LogP contribution in [0.1, 0.15) is 28.9 Å². The number of carbonyl (C=O) groups excluding carboxylic acids is 1. The largest absolute Gasteiger partial charge is 0.454 e. The number of nitro groups is 2. The molecule has 0 unspecified atom stereocenters. The predicted molar refractivity (Wildman–Crippen MR) is 87.7 cm³/mol. The quantitative estimate of drug-likeness (QED) is 0.426. The van der Waals surface area contributed by atoms with Gasteiger partial charge < -0.3 is 4.74 Å². The van der Waals surface area contributed by atoms with Gasteiger partial charge in [0, 0.05) is 18.2 Å². The summed E-state index contributed by atoms with van der Waals surface area (Å²) in [5.74, 6) is -0.760. The summed E-state index contributed by atoms with van der Waals surface area (Å²) in [6.45, 7) is 1.56. The Hall–Kier alpha value is -2.81.